The van der Waals surface area contributed by atoms with Gasteiger partial charge in [-0.15, -0.1) is 0 Å². The van der Waals surface area contributed by atoms with Gasteiger partial charge in [0.25, 0.3) is 0 Å². The van der Waals surface area contributed by atoms with Crippen molar-refractivity contribution in [3.05, 3.63) is 60.2 Å². The Morgan fingerprint density at radius 2 is 1.82 bits per heavy atom. The van der Waals surface area contributed by atoms with Crippen LogP contribution in [0, 0.1) is 0 Å². The highest BCUT2D eigenvalue weighted by Crippen LogP contribution is 2.19. The Kier molecular flexibility index (Phi) is 7.70. The zero-order valence-electron chi connectivity index (χ0n) is 16.2. The van der Waals surface area contributed by atoms with E-state index in [9.17, 15) is 4.79 Å². The van der Waals surface area contributed by atoms with Gasteiger partial charge in [-0.2, -0.15) is 0 Å². The molecule has 2 aromatic carbocycles. The highest BCUT2D eigenvalue weighted by molar-refractivity contribution is 5.69. The highest BCUT2D eigenvalue weighted by atomic mass is 16.5. The molecule has 150 valence electrons. The molecule has 0 spiro atoms. The summed E-state index contributed by atoms with van der Waals surface area (Å²) in [6, 6.07) is 17.9. The van der Waals surface area contributed by atoms with E-state index < -0.39 is 0 Å². The van der Waals surface area contributed by atoms with Gasteiger partial charge in [0.05, 0.1) is 13.2 Å². The number of rotatable bonds is 9. The van der Waals surface area contributed by atoms with Crippen LogP contribution in [0.3, 0.4) is 0 Å². The average molecular weight is 383 g/mol. The largest absolute Gasteiger partial charge is 0.461 e. The molecule has 1 saturated heterocycles. The number of ether oxygens (including phenoxy) is 2. The van der Waals surface area contributed by atoms with Gasteiger partial charge in [0, 0.05) is 43.5 Å². The van der Waals surface area contributed by atoms with Crippen LogP contribution >= 0.6 is 0 Å². The molecule has 0 unspecified atom stereocenters. The predicted molar refractivity (Wildman–Crippen MR) is 111 cm³/mol. The number of carbonyl (C=O) groups excluding carboxylic acids is 1. The number of anilines is 2. The van der Waals surface area contributed by atoms with Crippen LogP contribution in [0.2, 0.25) is 0 Å². The van der Waals surface area contributed by atoms with Crippen LogP contribution in [0.4, 0.5) is 11.4 Å². The number of nitrogens with two attached hydrogens (primary N) is 1. The molecule has 0 aromatic heterocycles. The lowest BCUT2D eigenvalue weighted by Gasteiger charge is -2.29. The van der Waals surface area contributed by atoms with E-state index in [2.05, 4.69) is 34.5 Å². The van der Waals surface area contributed by atoms with E-state index in [1.54, 1.807) is 0 Å². The second-order valence-corrected chi connectivity index (χ2v) is 6.97. The third kappa shape index (κ3) is 6.55. The number of hydrogen-bond donors (Lipinski definition) is 2. The Labute approximate surface area is 166 Å². The maximum Gasteiger partial charge on any atom is 0.306 e. The van der Waals surface area contributed by atoms with Crippen molar-refractivity contribution in [3.63, 3.8) is 0 Å². The molecular formula is C22H29N3O3. The molecule has 0 saturated carbocycles. The van der Waals surface area contributed by atoms with E-state index in [4.69, 9.17) is 15.2 Å². The molecule has 1 heterocycles. The van der Waals surface area contributed by atoms with Crippen molar-refractivity contribution in [2.24, 2.45) is 5.73 Å². The van der Waals surface area contributed by atoms with E-state index in [1.165, 1.54) is 5.69 Å². The normalized spacial score (nSPS) is 15.1. The maximum absolute atomic E-state index is 11.9. The minimum Gasteiger partial charge on any atom is -0.461 e. The monoisotopic (exact) mass is 383 g/mol. The Morgan fingerprint density at radius 3 is 2.54 bits per heavy atom. The van der Waals surface area contributed by atoms with E-state index in [0.717, 1.165) is 37.6 Å². The van der Waals surface area contributed by atoms with Crippen molar-refractivity contribution in [2.45, 2.75) is 25.5 Å². The number of esters is 1. The number of nitrogens with one attached hydrogen (secondary N) is 1. The van der Waals surface area contributed by atoms with Gasteiger partial charge in [-0.1, -0.05) is 30.3 Å². The van der Waals surface area contributed by atoms with Crippen molar-refractivity contribution in [3.8, 4) is 0 Å². The number of benzene rings is 2. The molecule has 1 fully saturated rings. The van der Waals surface area contributed by atoms with Crippen LogP contribution in [-0.2, 0) is 20.9 Å². The van der Waals surface area contributed by atoms with Crippen LogP contribution < -0.4 is 16.0 Å². The van der Waals surface area contributed by atoms with Crippen molar-refractivity contribution in [1.29, 1.82) is 0 Å². The molecule has 2 aromatic rings. The van der Waals surface area contributed by atoms with E-state index >= 15 is 0 Å². The smallest absolute Gasteiger partial charge is 0.306 e. The van der Waals surface area contributed by atoms with Crippen molar-refractivity contribution >= 4 is 17.3 Å². The van der Waals surface area contributed by atoms with E-state index in [0.29, 0.717) is 26.0 Å². The average Bonchev–Trinajstić information content (AvgIpc) is 2.76. The third-order valence-electron chi connectivity index (χ3n) is 4.77. The van der Waals surface area contributed by atoms with Crippen molar-refractivity contribution in [1.82, 2.24) is 0 Å². The van der Waals surface area contributed by atoms with Gasteiger partial charge in [-0.25, -0.2) is 0 Å². The molecule has 28 heavy (non-hydrogen) atoms. The first-order valence-corrected chi connectivity index (χ1v) is 9.82. The van der Waals surface area contributed by atoms with Gasteiger partial charge in [0.2, 0.25) is 0 Å². The molecular weight excluding hydrogens is 354 g/mol. The zero-order chi connectivity index (χ0) is 19.6. The molecule has 0 aliphatic carbocycles. The first-order valence-electron chi connectivity index (χ1n) is 9.82. The topological polar surface area (TPSA) is 76.8 Å². The van der Waals surface area contributed by atoms with Crippen LogP contribution in [0.5, 0.6) is 0 Å². The third-order valence-corrected chi connectivity index (χ3v) is 4.77. The Morgan fingerprint density at radius 1 is 1.11 bits per heavy atom. The summed E-state index contributed by atoms with van der Waals surface area (Å²) >= 11 is 0. The van der Waals surface area contributed by atoms with E-state index in [-0.39, 0.29) is 12.0 Å². The second-order valence-electron chi connectivity index (χ2n) is 6.97. The van der Waals surface area contributed by atoms with Gasteiger partial charge >= 0.3 is 5.97 Å². The number of hydrogen-bond acceptors (Lipinski definition) is 6. The van der Waals surface area contributed by atoms with Crippen molar-refractivity contribution < 1.29 is 14.3 Å². The Bertz CT molecular complexity index is 716. The Hall–Kier alpha value is -2.57. The summed E-state index contributed by atoms with van der Waals surface area (Å²) in [5.74, 6) is -0.214. The molecule has 0 amide bonds. The molecule has 6 heteroatoms. The maximum atomic E-state index is 11.9. The zero-order valence-corrected chi connectivity index (χ0v) is 16.2. The highest BCUT2D eigenvalue weighted by Gasteiger charge is 2.11. The quantitative estimate of drug-likeness (QED) is 0.649. The molecule has 6 nitrogen and oxygen atoms in total. The van der Waals surface area contributed by atoms with Crippen molar-refractivity contribution in [2.75, 3.05) is 43.1 Å². The SMILES string of the molecule is N[C@@H](CCC(=O)OCc1ccccc1)CNc1ccc(N2CCOCC2)cc1. The lowest BCUT2D eigenvalue weighted by molar-refractivity contribution is -0.145. The molecule has 1 atom stereocenters. The lowest BCUT2D eigenvalue weighted by atomic mass is 10.1. The summed E-state index contributed by atoms with van der Waals surface area (Å²) in [6.45, 7) is 4.34. The number of morpholine rings is 1. The summed E-state index contributed by atoms with van der Waals surface area (Å²) in [5, 5.41) is 3.34. The van der Waals surface area contributed by atoms with Crippen LogP contribution in [0.15, 0.2) is 54.6 Å². The fourth-order valence-corrected chi connectivity index (χ4v) is 3.08. The molecule has 3 rings (SSSR count). The molecule has 3 N–H and O–H groups in total. The van der Waals surface area contributed by atoms with Crippen LogP contribution in [0.1, 0.15) is 18.4 Å². The summed E-state index contributed by atoms with van der Waals surface area (Å²) in [5.41, 5.74) is 9.35. The van der Waals surface area contributed by atoms with Crippen LogP contribution in [0.25, 0.3) is 0 Å². The van der Waals surface area contributed by atoms with Crippen LogP contribution in [-0.4, -0.2) is 44.9 Å². The lowest BCUT2D eigenvalue weighted by Crippen LogP contribution is -2.36. The van der Waals surface area contributed by atoms with Gasteiger partial charge in [0.1, 0.15) is 6.61 Å². The summed E-state index contributed by atoms with van der Waals surface area (Å²) in [6.07, 6.45) is 0.915. The number of nitrogens with zero attached hydrogens (tertiary/aromatic N) is 1. The fraction of sp³-hybridized carbons (Fsp3) is 0.409. The molecule has 1 aliphatic rings. The van der Waals surface area contributed by atoms with E-state index in [1.807, 2.05) is 30.3 Å². The summed E-state index contributed by atoms with van der Waals surface area (Å²) in [4.78, 5) is 14.2. The summed E-state index contributed by atoms with van der Waals surface area (Å²) in [7, 11) is 0. The first kappa shape index (κ1) is 20.2. The van der Waals surface area contributed by atoms with Gasteiger partial charge in [0.15, 0.2) is 0 Å². The standard InChI is InChI=1S/C22H29N3O3/c23-19(6-11-22(26)28-17-18-4-2-1-3-5-18)16-24-20-7-9-21(10-8-20)25-12-14-27-15-13-25/h1-5,7-10,19,24H,6,11-17,23H2/t19-/m0/s1. The Balaban J connectivity index is 1.33. The minimum atomic E-state index is -0.214. The van der Waals surface area contributed by atoms with Gasteiger partial charge < -0.3 is 25.4 Å². The fourth-order valence-electron chi connectivity index (χ4n) is 3.08. The van der Waals surface area contributed by atoms with Gasteiger partial charge in [-0.05, 0) is 36.2 Å². The van der Waals surface area contributed by atoms with Gasteiger partial charge in [-0.3, -0.25) is 4.79 Å². The first-order chi connectivity index (χ1) is 13.7. The predicted octanol–water partition coefficient (Wildman–Crippen LogP) is 2.79. The molecule has 0 bridgehead atoms. The molecule has 0 radical (unpaired) electrons. The summed E-state index contributed by atoms with van der Waals surface area (Å²) < 4.78 is 10.7. The number of carbonyl (C=O) groups is 1. The minimum absolute atomic E-state index is 0.108. The molecule has 1 aliphatic heterocycles. The second kappa shape index (κ2) is 10.7.